The molecule has 11 rings (SSSR count). The molecule has 10 aromatic rings. The highest BCUT2D eigenvalue weighted by atomic mass is 15.0. The molecule has 54 heavy (non-hydrogen) atoms. The van der Waals surface area contributed by atoms with Crippen molar-refractivity contribution in [1.82, 2.24) is 4.57 Å². The van der Waals surface area contributed by atoms with Crippen LogP contribution in [0.25, 0.3) is 94.2 Å². The second kappa shape index (κ2) is 11.7. The molecule has 0 atom stereocenters. The molecule has 254 valence electrons. The summed E-state index contributed by atoms with van der Waals surface area (Å²) >= 11 is 0. The van der Waals surface area contributed by atoms with Crippen LogP contribution in [0, 0.1) is 0 Å². The maximum Gasteiger partial charge on any atom is 0.0541 e. The summed E-state index contributed by atoms with van der Waals surface area (Å²) in [5.41, 5.74) is 14.1. The summed E-state index contributed by atoms with van der Waals surface area (Å²) in [5, 5.41) is 10.2. The summed E-state index contributed by atoms with van der Waals surface area (Å²) < 4.78 is 2.38. The molecule has 1 nitrogen and oxygen atoms in total. The van der Waals surface area contributed by atoms with Gasteiger partial charge in [0.05, 0.1) is 11.0 Å². The highest BCUT2D eigenvalue weighted by molar-refractivity contribution is 6.22. The molecule has 1 heterocycles. The predicted octanol–water partition coefficient (Wildman–Crippen LogP) is 14.4. The molecule has 0 saturated carbocycles. The van der Waals surface area contributed by atoms with Crippen LogP contribution in [0.15, 0.2) is 176 Å². The Morgan fingerprint density at radius 3 is 1.48 bits per heavy atom. The normalized spacial score (nSPS) is 13.4. The quantitative estimate of drug-likeness (QED) is 0.128. The fourth-order valence-electron chi connectivity index (χ4n) is 9.50. The van der Waals surface area contributed by atoms with Crippen molar-refractivity contribution in [2.75, 3.05) is 0 Å². The maximum atomic E-state index is 2.51. The molecule has 0 fully saturated rings. The van der Waals surface area contributed by atoms with Crippen molar-refractivity contribution in [3.05, 3.63) is 198 Å². The molecule has 1 heteroatoms. The number of fused-ring (bicyclic) bond motifs is 10. The van der Waals surface area contributed by atoms with Crippen molar-refractivity contribution in [3.8, 4) is 27.9 Å². The van der Waals surface area contributed by atoms with Gasteiger partial charge in [-0.2, -0.15) is 0 Å². The molecule has 1 aliphatic carbocycles. The van der Waals surface area contributed by atoms with Crippen LogP contribution >= 0.6 is 0 Å². The van der Waals surface area contributed by atoms with Gasteiger partial charge in [0.2, 0.25) is 0 Å². The standard InChI is InChI=1S/C53H37N/c1-53(2)47-24-12-9-23-45(47)52-44-22-8-5-17-38(44)46(33-48(52)53)51-42-20-6-3-15-36(42)39(37-16-4-7-21-43(37)51)32-29-34-27-30-35(31-28-34)54-49-25-13-10-18-40(49)41-19-11-14-26-50(41)54/h3-33H,1-2H3/b32-29+. The number of nitrogens with zero attached hydrogens (tertiary/aromatic N) is 1. The Morgan fingerprint density at radius 2 is 0.870 bits per heavy atom. The first-order valence-corrected chi connectivity index (χ1v) is 18.9. The van der Waals surface area contributed by atoms with Crippen molar-refractivity contribution in [1.29, 1.82) is 0 Å². The van der Waals surface area contributed by atoms with Gasteiger partial charge in [-0.1, -0.05) is 172 Å². The van der Waals surface area contributed by atoms with E-state index < -0.39 is 0 Å². The van der Waals surface area contributed by atoms with Crippen LogP contribution in [0.1, 0.15) is 36.1 Å². The van der Waals surface area contributed by atoms with Gasteiger partial charge in [0.15, 0.2) is 0 Å². The molecule has 0 spiro atoms. The second-order valence-electron chi connectivity index (χ2n) is 15.2. The lowest BCUT2D eigenvalue weighted by Gasteiger charge is -2.24. The van der Waals surface area contributed by atoms with Crippen LogP contribution in [-0.4, -0.2) is 4.57 Å². The van der Waals surface area contributed by atoms with Crippen molar-refractivity contribution in [2.24, 2.45) is 0 Å². The number of hydrogen-bond acceptors (Lipinski definition) is 0. The lowest BCUT2D eigenvalue weighted by Crippen LogP contribution is -2.15. The third kappa shape index (κ3) is 4.39. The Labute approximate surface area is 315 Å². The summed E-state index contributed by atoms with van der Waals surface area (Å²) in [4.78, 5) is 0. The van der Waals surface area contributed by atoms with Crippen molar-refractivity contribution < 1.29 is 0 Å². The fraction of sp³-hybridized carbons (Fsp3) is 0.0566. The molecule has 1 aliphatic rings. The van der Waals surface area contributed by atoms with Crippen LogP contribution in [0.4, 0.5) is 0 Å². The first-order valence-electron chi connectivity index (χ1n) is 18.9. The van der Waals surface area contributed by atoms with Crippen molar-refractivity contribution in [2.45, 2.75) is 19.3 Å². The Bertz CT molecular complexity index is 3060. The lowest BCUT2D eigenvalue weighted by atomic mass is 9.79. The van der Waals surface area contributed by atoms with Gasteiger partial charge < -0.3 is 4.57 Å². The predicted molar refractivity (Wildman–Crippen MR) is 232 cm³/mol. The molecular weight excluding hydrogens is 651 g/mol. The SMILES string of the molecule is CC1(C)c2ccccc2-c2c1cc(-c1c3ccccc3c(/C=C/c3ccc(-n4c5ccccc5c5ccccc54)cc3)c3ccccc13)c1ccccc21. The first kappa shape index (κ1) is 30.9. The maximum absolute atomic E-state index is 2.51. The van der Waals surface area contributed by atoms with E-state index in [1.54, 1.807) is 0 Å². The van der Waals surface area contributed by atoms with Gasteiger partial charge in [-0.3, -0.25) is 0 Å². The minimum absolute atomic E-state index is 0.101. The molecular formula is C53H37N. The lowest BCUT2D eigenvalue weighted by molar-refractivity contribution is 0.661. The zero-order valence-corrected chi connectivity index (χ0v) is 30.3. The highest BCUT2D eigenvalue weighted by Crippen LogP contribution is 2.54. The molecule has 0 unspecified atom stereocenters. The highest BCUT2D eigenvalue weighted by Gasteiger charge is 2.37. The molecule has 0 bridgehead atoms. The zero-order valence-electron chi connectivity index (χ0n) is 30.3. The van der Waals surface area contributed by atoms with Gasteiger partial charge in [-0.25, -0.2) is 0 Å². The van der Waals surface area contributed by atoms with Crippen LogP contribution in [0.5, 0.6) is 0 Å². The largest absolute Gasteiger partial charge is 0.309 e. The molecule has 0 N–H and O–H groups in total. The van der Waals surface area contributed by atoms with E-state index in [9.17, 15) is 0 Å². The first-order chi connectivity index (χ1) is 26.6. The van der Waals surface area contributed by atoms with Gasteiger partial charge >= 0.3 is 0 Å². The Kier molecular flexibility index (Phi) is 6.66. The van der Waals surface area contributed by atoms with E-state index in [1.807, 2.05) is 0 Å². The summed E-state index contributed by atoms with van der Waals surface area (Å²) in [7, 11) is 0. The van der Waals surface area contributed by atoms with Gasteiger partial charge in [0.25, 0.3) is 0 Å². The van der Waals surface area contributed by atoms with Crippen LogP contribution in [0.3, 0.4) is 0 Å². The Hall–Kier alpha value is -6.70. The number of para-hydroxylation sites is 2. The molecule has 9 aromatic carbocycles. The van der Waals surface area contributed by atoms with E-state index >= 15 is 0 Å². The third-order valence-corrected chi connectivity index (χ3v) is 12.0. The van der Waals surface area contributed by atoms with Crippen molar-refractivity contribution >= 4 is 66.3 Å². The monoisotopic (exact) mass is 687 g/mol. The van der Waals surface area contributed by atoms with Crippen LogP contribution < -0.4 is 0 Å². The molecule has 0 aliphatic heterocycles. The number of aromatic nitrogens is 1. The van der Waals surface area contributed by atoms with E-state index in [1.165, 1.54) is 98.6 Å². The van der Waals surface area contributed by atoms with Gasteiger partial charge in [-0.05, 0) is 107 Å². The summed E-state index contributed by atoms with van der Waals surface area (Å²) in [5.74, 6) is 0. The Balaban J connectivity index is 1.08. The van der Waals surface area contributed by atoms with E-state index in [4.69, 9.17) is 0 Å². The van der Waals surface area contributed by atoms with Crippen molar-refractivity contribution in [3.63, 3.8) is 0 Å². The molecule has 0 radical (unpaired) electrons. The smallest absolute Gasteiger partial charge is 0.0541 e. The van der Waals surface area contributed by atoms with Gasteiger partial charge in [0, 0.05) is 21.9 Å². The average molecular weight is 688 g/mol. The van der Waals surface area contributed by atoms with E-state index in [2.05, 4.69) is 206 Å². The minimum Gasteiger partial charge on any atom is -0.309 e. The fourth-order valence-corrected chi connectivity index (χ4v) is 9.50. The van der Waals surface area contributed by atoms with E-state index in [0.717, 1.165) is 5.69 Å². The van der Waals surface area contributed by atoms with Crippen LogP contribution in [0.2, 0.25) is 0 Å². The minimum atomic E-state index is -0.101. The summed E-state index contributed by atoms with van der Waals surface area (Å²) in [6, 6.07) is 64.8. The third-order valence-electron chi connectivity index (χ3n) is 12.0. The van der Waals surface area contributed by atoms with Gasteiger partial charge in [-0.15, -0.1) is 0 Å². The number of hydrogen-bond donors (Lipinski definition) is 0. The zero-order chi connectivity index (χ0) is 36.0. The molecule has 0 saturated heterocycles. The number of rotatable bonds is 4. The second-order valence-corrected chi connectivity index (χ2v) is 15.2. The summed E-state index contributed by atoms with van der Waals surface area (Å²) in [6.07, 6.45) is 4.60. The number of benzene rings is 9. The molecule has 0 amide bonds. The summed E-state index contributed by atoms with van der Waals surface area (Å²) in [6.45, 7) is 4.77. The van der Waals surface area contributed by atoms with Crippen LogP contribution in [-0.2, 0) is 5.41 Å². The Morgan fingerprint density at radius 1 is 0.389 bits per heavy atom. The topological polar surface area (TPSA) is 4.93 Å². The molecule has 1 aromatic heterocycles. The average Bonchev–Trinajstić information content (AvgIpc) is 3.68. The van der Waals surface area contributed by atoms with E-state index in [0.29, 0.717) is 0 Å². The van der Waals surface area contributed by atoms with E-state index in [-0.39, 0.29) is 5.41 Å². The van der Waals surface area contributed by atoms with Gasteiger partial charge in [0.1, 0.15) is 0 Å².